The third kappa shape index (κ3) is 2.16. The summed E-state index contributed by atoms with van der Waals surface area (Å²) in [5, 5.41) is -0.398. The van der Waals surface area contributed by atoms with Crippen LogP contribution in [-0.4, -0.2) is 26.4 Å². The van der Waals surface area contributed by atoms with Crippen LogP contribution in [0.25, 0.3) is 0 Å². The molecule has 0 atom stereocenters. The lowest BCUT2D eigenvalue weighted by atomic mass is 10.7. The number of amides is 1. The number of carbonyl (C=O) groups is 1. The molecule has 6 heavy (non-hydrogen) atoms. The topological polar surface area (TPSA) is 43.1 Å². The van der Waals surface area contributed by atoms with E-state index in [2.05, 4.69) is 20.5 Å². The molecule has 0 fully saturated rings. The van der Waals surface area contributed by atoms with E-state index in [1.54, 1.807) is 0 Å². The second-order valence-corrected chi connectivity index (χ2v) is 2.57. The molecule has 2 N–H and O–H groups in total. The highest BCUT2D eigenvalue weighted by Crippen LogP contribution is 1.81. The second-order valence-electron chi connectivity index (χ2n) is 0.835. The Morgan fingerprint density at radius 2 is 1.83 bits per heavy atom. The summed E-state index contributed by atoms with van der Waals surface area (Å²) in [5.74, 6) is -0.414. The first kappa shape index (κ1) is 5.90. The summed E-state index contributed by atoms with van der Waals surface area (Å²) in [6.07, 6.45) is 0. The molecule has 0 bridgehead atoms. The van der Waals surface area contributed by atoms with E-state index in [1.807, 2.05) is 0 Å². The average molecular weight is 113 g/mol. The fourth-order valence-corrected chi connectivity index (χ4v) is 0. The molecule has 4 heteroatoms. The molecule has 0 aliphatic carbocycles. The van der Waals surface area contributed by atoms with Crippen LogP contribution in [0.15, 0.2) is 0 Å². The van der Waals surface area contributed by atoms with Crippen molar-refractivity contribution in [3.63, 3.8) is 0 Å². The van der Waals surface area contributed by atoms with Gasteiger partial charge in [-0.15, -0.1) is 0 Å². The van der Waals surface area contributed by atoms with E-state index in [-0.39, 0.29) is 0 Å². The fraction of sp³-hybridized carbons (Fsp3) is 0.500. The van der Waals surface area contributed by atoms with Crippen molar-refractivity contribution >= 4 is 26.4 Å². The summed E-state index contributed by atoms with van der Waals surface area (Å²) in [6, 6.07) is 0. The Hall–Kier alpha value is -0.0962. The van der Waals surface area contributed by atoms with Gasteiger partial charge in [0.1, 0.15) is 0 Å². The summed E-state index contributed by atoms with van der Waals surface area (Å²) in [6.45, 7) is 0. The van der Waals surface area contributed by atoms with Gasteiger partial charge in [0.05, 0.1) is 0 Å². The Kier molecular flexibility index (Phi) is 2.11. The van der Waals surface area contributed by atoms with Crippen molar-refractivity contribution in [3.8, 4) is 0 Å². The van der Waals surface area contributed by atoms with Gasteiger partial charge in [0.25, 0.3) is 0 Å². The van der Waals surface area contributed by atoms with Crippen LogP contribution in [-0.2, 0) is 4.79 Å². The SMILES string of the molecule is NC(=O)C([Si])[Si]. The predicted octanol–water partition coefficient (Wildman–Crippen LogP) is -1.45. The van der Waals surface area contributed by atoms with Crippen LogP contribution in [0, 0.1) is 0 Å². The molecule has 0 heterocycles. The van der Waals surface area contributed by atoms with Crippen LogP contribution in [0.1, 0.15) is 0 Å². The lowest BCUT2D eigenvalue weighted by Gasteiger charge is -1.90. The molecule has 0 aliphatic rings. The molecule has 0 saturated heterocycles. The monoisotopic (exact) mass is 113 g/mol. The van der Waals surface area contributed by atoms with Crippen LogP contribution in [0.3, 0.4) is 0 Å². The third-order valence-electron chi connectivity index (χ3n) is 0.285. The molecule has 1 amide bonds. The van der Waals surface area contributed by atoms with Crippen molar-refractivity contribution in [1.82, 2.24) is 0 Å². The van der Waals surface area contributed by atoms with Crippen LogP contribution < -0.4 is 5.73 Å². The van der Waals surface area contributed by atoms with Gasteiger partial charge in [-0.1, -0.05) is 0 Å². The zero-order valence-corrected chi connectivity index (χ0v) is 5.06. The van der Waals surface area contributed by atoms with E-state index in [1.165, 1.54) is 0 Å². The van der Waals surface area contributed by atoms with Gasteiger partial charge in [0.2, 0.25) is 5.91 Å². The molecule has 0 unspecified atom stereocenters. The van der Waals surface area contributed by atoms with E-state index >= 15 is 0 Å². The summed E-state index contributed by atoms with van der Waals surface area (Å²) >= 11 is 0. The first-order chi connectivity index (χ1) is 2.64. The van der Waals surface area contributed by atoms with Gasteiger partial charge < -0.3 is 5.73 Å². The predicted molar refractivity (Wildman–Crippen MR) is 24.5 cm³/mol. The lowest BCUT2D eigenvalue weighted by Crippen LogP contribution is -2.17. The van der Waals surface area contributed by atoms with E-state index in [4.69, 9.17) is 5.73 Å². The minimum Gasteiger partial charge on any atom is -0.370 e. The molecule has 2 nitrogen and oxygen atoms in total. The van der Waals surface area contributed by atoms with Gasteiger partial charge in [0.15, 0.2) is 0 Å². The Balaban J connectivity index is 3.26. The van der Waals surface area contributed by atoms with E-state index in [9.17, 15) is 4.79 Å². The van der Waals surface area contributed by atoms with Gasteiger partial charge in [-0.05, 0) is 0 Å². The molecule has 6 radical (unpaired) electrons. The Morgan fingerprint density at radius 3 is 1.83 bits per heavy atom. The van der Waals surface area contributed by atoms with E-state index < -0.39 is 11.1 Å². The number of primary amides is 1. The molecule has 0 saturated carbocycles. The molecule has 0 aromatic rings. The van der Waals surface area contributed by atoms with Gasteiger partial charge >= 0.3 is 0 Å². The third-order valence-corrected chi connectivity index (χ3v) is 0.854. The summed E-state index contributed by atoms with van der Waals surface area (Å²) in [5.41, 5.74) is 4.70. The van der Waals surface area contributed by atoms with Crippen molar-refractivity contribution in [3.05, 3.63) is 0 Å². The van der Waals surface area contributed by atoms with Crippen LogP contribution in [0.2, 0.25) is 5.16 Å². The second kappa shape index (κ2) is 2.14. The molecule has 0 rings (SSSR count). The van der Waals surface area contributed by atoms with Crippen molar-refractivity contribution in [2.24, 2.45) is 5.73 Å². The van der Waals surface area contributed by atoms with Crippen molar-refractivity contribution in [1.29, 1.82) is 0 Å². The summed E-state index contributed by atoms with van der Waals surface area (Å²) in [4.78, 5) is 9.82. The minimum absolute atomic E-state index is 0.398. The Labute approximate surface area is 42.9 Å². The van der Waals surface area contributed by atoms with E-state index in [0.717, 1.165) is 0 Å². The fourth-order valence-electron chi connectivity index (χ4n) is 0. The van der Waals surface area contributed by atoms with Crippen LogP contribution in [0.5, 0.6) is 0 Å². The maximum absolute atomic E-state index is 9.82. The number of nitrogens with two attached hydrogens (primary N) is 1. The zero-order valence-electron chi connectivity index (χ0n) is 3.06. The van der Waals surface area contributed by atoms with Gasteiger partial charge in [-0.3, -0.25) is 4.79 Å². The van der Waals surface area contributed by atoms with Crippen LogP contribution >= 0.6 is 0 Å². The van der Waals surface area contributed by atoms with Gasteiger partial charge in [0, 0.05) is 25.6 Å². The molecular formula is C2H3NOSi2. The quantitative estimate of drug-likeness (QED) is 0.416. The molecule has 0 aromatic heterocycles. The Morgan fingerprint density at radius 1 is 1.67 bits per heavy atom. The largest absolute Gasteiger partial charge is 0.370 e. The summed E-state index contributed by atoms with van der Waals surface area (Å²) in [7, 11) is 5.84. The molecule has 30 valence electrons. The summed E-state index contributed by atoms with van der Waals surface area (Å²) < 4.78 is 0. The van der Waals surface area contributed by atoms with Crippen molar-refractivity contribution in [2.45, 2.75) is 5.16 Å². The number of rotatable bonds is 1. The van der Waals surface area contributed by atoms with Crippen molar-refractivity contribution in [2.75, 3.05) is 0 Å². The molecule has 0 spiro atoms. The zero-order chi connectivity index (χ0) is 5.15. The maximum atomic E-state index is 9.82. The van der Waals surface area contributed by atoms with Gasteiger partial charge in [-0.2, -0.15) is 0 Å². The Bertz CT molecular complexity index is 62.6. The average Bonchev–Trinajstić information content (AvgIpc) is 1.36. The maximum Gasteiger partial charge on any atom is 0.213 e. The highest BCUT2D eigenvalue weighted by Gasteiger charge is 1.96. The first-order valence-electron chi connectivity index (χ1n) is 1.36. The highest BCUT2D eigenvalue weighted by molar-refractivity contribution is 6.45. The lowest BCUT2D eigenvalue weighted by molar-refractivity contribution is -0.116. The number of carbonyl (C=O) groups excluding carboxylic acids is 1. The molecule has 0 aliphatic heterocycles. The highest BCUT2D eigenvalue weighted by atomic mass is 28.2. The number of hydrogen-bond donors (Lipinski definition) is 1. The number of hydrogen-bond acceptors (Lipinski definition) is 1. The van der Waals surface area contributed by atoms with Crippen molar-refractivity contribution < 1.29 is 4.79 Å². The smallest absolute Gasteiger partial charge is 0.213 e. The standard InChI is InChI=1S/C2H3NOSi2/c3-1(4)2(5)6/h2H,(H2,3,4). The van der Waals surface area contributed by atoms with Crippen LogP contribution in [0.4, 0.5) is 0 Å². The van der Waals surface area contributed by atoms with Gasteiger partial charge in [-0.25, -0.2) is 0 Å². The normalized spacial score (nSPS) is 9.17. The first-order valence-corrected chi connectivity index (χ1v) is 2.51. The molecule has 0 aromatic carbocycles. The van der Waals surface area contributed by atoms with E-state index in [0.29, 0.717) is 0 Å². The molecular weight excluding hydrogens is 110 g/mol. The minimum atomic E-state index is -0.414.